The van der Waals surface area contributed by atoms with Crippen molar-refractivity contribution in [1.82, 2.24) is 5.32 Å². The Hall–Kier alpha value is -1.82. The van der Waals surface area contributed by atoms with Gasteiger partial charge in [-0.05, 0) is 19.1 Å². The normalized spacial score (nSPS) is 15.4. The van der Waals surface area contributed by atoms with E-state index in [-0.39, 0.29) is 11.4 Å². The molecule has 1 aliphatic heterocycles. The predicted molar refractivity (Wildman–Crippen MR) is 67.2 cm³/mol. The highest BCUT2D eigenvalue weighted by Crippen LogP contribution is 2.28. The van der Waals surface area contributed by atoms with Crippen LogP contribution < -0.4 is 16.0 Å². The molecule has 0 unspecified atom stereocenters. The van der Waals surface area contributed by atoms with Crippen LogP contribution in [0.5, 0.6) is 0 Å². The van der Waals surface area contributed by atoms with Crippen LogP contribution in [0.25, 0.3) is 0 Å². The molecule has 6 heteroatoms. The van der Waals surface area contributed by atoms with Gasteiger partial charge >= 0.3 is 0 Å². The summed E-state index contributed by atoms with van der Waals surface area (Å²) in [5, 5.41) is 13.9. The van der Waals surface area contributed by atoms with Crippen molar-refractivity contribution in [2.75, 3.05) is 30.3 Å². The Morgan fingerprint density at radius 2 is 2.29 bits per heavy atom. The number of nitrogen functional groups attached to an aromatic ring is 1. The number of benzene rings is 1. The molecular formula is C11H16N4O2. The number of nitrogens with one attached hydrogen (secondary N) is 1. The third kappa shape index (κ3) is 2.16. The molecule has 92 valence electrons. The zero-order valence-corrected chi connectivity index (χ0v) is 9.72. The maximum Gasteiger partial charge on any atom is 0.292 e. The second-order valence-electron chi connectivity index (χ2n) is 4.10. The topological polar surface area (TPSA) is 84.4 Å². The van der Waals surface area contributed by atoms with E-state index in [1.54, 1.807) is 12.1 Å². The number of hydrogen-bond donors (Lipinski definition) is 2. The van der Waals surface area contributed by atoms with Crippen molar-refractivity contribution in [3.63, 3.8) is 0 Å². The Morgan fingerprint density at radius 1 is 1.59 bits per heavy atom. The number of nitrogens with two attached hydrogens (primary N) is 1. The van der Waals surface area contributed by atoms with Crippen LogP contribution in [0, 0.1) is 10.1 Å². The summed E-state index contributed by atoms with van der Waals surface area (Å²) in [5.74, 6) is 0. The van der Waals surface area contributed by atoms with Crippen molar-refractivity contribution < 1.29 is 4.92 Å². The summed E-state index contributed by atoms with van der Waals surface area (Å²) in [6, 6.07) is 5.37. The van der Waals surface area contributed by atoms with Crippen LogP contribution in [0.1, 0.15) is 6.92 Å². The van der Waals surface area contributed by atoms with Crippen LogP contribution in [0.3, 0.4) is 0 Å². The lowest BCUT2D eigenvalue weighted by Crippen LogP contribution is -2.57. The van der Waals surface area contributed by atoms with Gasteiger partial charge in [-0.1, -0.05) is 0 Å². The molecule has 6 nitrogen and oxygen atoms in total. The SMILES string of the molecule is CCN(c1ccc([N+](=O)[O-])c(N)c1)C1CNC1. The van der Waals surface area contributed by atoms with Crippen molar-refractivity contribution in [1.29, 1.82) is 0 Å². The molecule has 1 fully saturated rings. The summed E-state index contributed by atoms with van der Waals surface area (Å²) < 4.78 is 0. The molecule has 0 bridgehead atoms. The molecule has 0 amide bonds. The predicted octanol–water partition coefficient (Wildman–Crippen LogP) is 0.975. The summed E-state index contributed by atoms with van der Waals surface area (Å²) in [4.78, 5) is 12.4. The van der Waals surface area contributed by atoms with Gasteiger partial charge in [0.25, 0.3) is 5.69 Å². The number of nitro benzene ring substituents is 1. The highest BCUT2D eigenvalue weighted by molar-refractivity contribution is 5.67. The minimum Gasteiger partial charge on any atom is -0.393 e. The van der Waals surface area contributed by atoms with E-state index in [0.29, 0.717) is 6.04 Å². The van der Waals surface area contributed by atoms with E-state index >= 15 is 0 Å². The smallest absolute Gasteiger partial charge is 0.292 e. The number of nitro groups is 1. The lowest BCUT2D eigenvalue weighted by atomic mass is 10.1. The molecule has 17 heavy (non-hydrogen) atoms. The molecule has 0 saturated carbocycles. The fourth-order valence-electron chi connectivity index (χ4n) is 2.03. The van der Waals surface area contributed by atoms with E-state index in [2.05, 4.69) is 17.1 Å². The van der Waals surface area contributed by atoms with E-state index in [4.69, 9.17) is 5.73 Å². The molecule has 1 saturated heterocycles. The van der Waals surface area contributed by atoms with Crippen molar-refractivity contribution >= 4 is 17.1 Å². The van der Waals surface area contributed by atoms with E-state index < -0.39 is 4.92 Å². The average Bonchev–Trinajstić information content (AvgIpc) is 2.22. The van der Waals surface area contributed by atoms with Crippen LogP contribution in [0.2, 0.25) is 0 Å². The number of likely N-dealkylation sites (N-methyl/N-ethyl adjacent to an activating group) is 1. The summed E-state index contributed by atoms with van der Waals surface area (Å²) in [7, 11) is 0. The molecule has 2 rings (SSSR count). The van der Waals surface area contributed by atoms with Gasteiger partial charge in [0.2, 0.25) is 0 Å². The highest BCUT2D eigenvalue weighted by atomic mass is 16.6. The molecule has 0 radical (unpaired) electrons. The molecular weight excluding hydrogens is 220 g/mol. The summed E-state index contributed by atoms with van der Waals surface area (Å²) in [6.07, 6.45) is 0. The zero-order valence-electron chi connectivity index (χ0n) is 9.72. The maximum absolute atomic E-state index is 10.7. The van der Waals surface area contributed by atoms with E-state index in [9.17, 15) is 10.1 Å². The van der Waals surface area contributed by atoms with Crippen molar-refractivity contribution in [3.8, 4) is 0 Å². The molecule has 0 aromatic heterocycles. The zero-order chi connectivity index (χ0) is 12.4. The van der Waals surface area contributed by atoms with E-state index in [1.165, 1.54) is 6.07 Å². The van der Waals surface area contributed by atoms with Gasteiger partial charge in [-0.3, -0.25) is 10.1 Å². The second-order valence-corrected chi connectivity index (χ2v) is 4.10. The van der Waals surface area contributed by atoms with Gasteiger partial charge in [-0.2, -0.15) is 0 Å². The Kier molecular flexibility index (Phi) is 3.14. The van der Waals surface area contributed by atoms with Crippen LogP contribution >= 0.6 is 0 Å². The maximum atomic E-state index is 10.7. The van der Waals surface area contributed by atoms with Gasteiger partial charge in [0.15, 0.2) is 0 Å². The van der Waals surface area contributed by atoms with Gasteiger partial charge < -0.3 is 16.0 Å². The Morgan fingerprint density at radius 3 is 2.71 bits per heavy atom. The minimum atomic E-state index is -0.458. The molecule has 1 aromatic rings. The van der Waals surface area contributed by atoms with Crippen molar-refractivity contribution in [3.05, 3.63) is 28.3 Å². The molecule has 0 spiro atoms. The number of rotatable bonds is 4. The summed E-state index contributed by atoms with van der Waals surface area (Å²) in [5.41, 5.74) is 6.83. The second kappa shape index (κ2) is 4.58. The Balaban J connectivity index is 2.26. The highest BCUT2D eigenvalue weighted by Gasteiger charge is 2.24. The lowest BCUT2D eigenvalue weighted by molar-refractivity contribution is -0.383. The quantitative estimate of drug-likeness (QED) is 0.462. The number of hydrogen-bond acceptors (Lipinski definition) is 5. The molecule has 1 heterocycles. The number of anilines is 2. The fraction of sp³-hybridized carbons (Fsp3) is 0.455. The first-order chi connectivity index (χ1) is 8.13. The van der Waals surface area contributed by atoms with E-state index in [1.807, 2.05) is 0 Å². The molecule has 1 aliphatic rings. The van der Waals surface area contributed by atoms with Crippen LogP contribution in [0.15, 0.2) is 18.2 Å². The van der Waals surface area contributed by atoms with Gasteiger partial charge in [-0.15, -0.1) is 0 Å². The first kappa shape index (κ1) is 11.7. The number of nitrogens with zero attached hydrogens (tertiary/aromatic N) is 2. The van der Waals surface area contributed by atoms with Gasteiger partial charge in [0, 0.05) is 31.4 Å². The third-order valence-electron chi connectivity index (χ3n) is 3.08. The average molecular weight is 236 g/mol. The summed E-state index contributed by atoms with van der Waals surface area (Å²) in [6.45, 7) is 4.83. The molecule has 0 atom stereocenters. The molecule has 0 aliphatic carbocycles. The van der Waals surface area contributed by atoms with Gasteiger partial charge in [0.1, 0.15) is 5.69 Å². The Bertz CT molecular complexity index is 431. The third-order valence-corrected chi connectivity index (χ3v) is 3.08. The van der Waals surface area contributed by atoms with Gasteiger partial charge in [0.05, 0.1) is 11.0 Å². The van der Waals surface area contributed by atoms with Crippen molar-refractivity contribution in [2.24, 2.45) is 0 Å². The lowest BCUT2D eigenvalue weighted by Gasteiger charge is -2.39. The van der Waals surface area contributed by atoms with Crippen LogP contribution in [-0.2, 0) is 0 Å². The largest absolute Gasteiger partial charge is 0.393 e. The van der Waals surface area contributed by atoms with Crippen molar-refractivity contribution in [2.45, 2.75) is 13.0 Å². The first-order valence-corrected chi connectivity index (χ1v) is 5.64. The van der Waals surface area contributed by atoms with E-state index in [0.717, 1.165) is 25.3 Å². The van der Waals surface area contributed by atoms with Crippen LogP contribution in [0.4, 0.5) is 17.1 Å². The Labute approximate surface area is 99.6 Å². The van der Waals surface area contributed by atoms with Crippen LogP contribution in [-0.4, -0.2) is 30.6 Å². The molecule has 1 aromatic carbocycles. The van der Waals surface area contributed by atoms with Gasteiger partial charge in [-0.25, -0.2) is 0 Å². The minimum absolute atomic E-state index is 0.0310. The standard InChI is InChI=1S/C11H16N4O2/c1-2-14(9-6-13-7-9)8-3-4-11(15(16)17)10(12)5-8/h3-5,9,13H,2,6-7,12H2,1H3. The molecule has 3 N–H and O–H groups in total. The first-order valence-electron chi connectivity index (χ1n) is 5.64. The fourth-order valence-corrected chi connectivity index (χ4v) is 2.03. The monoisotopic (exact) mass is 236 g/mol. The summed E-state index contributed by atoms with van der Waals surface area (Å²) >= 11 is 0.